The van der Waals surface area contributed by atoms with Crippen LogP contribution >= 0.6 is 0 Å². The summed E-state index contributed by atoms with van der Waals surface area (Å²) < 4.78 is 0. The van der Waals surface area contributed by atoms with Crippen LogP contribution in [0, 0.1) is 5.41 Å². The molecule has 1 amide bonds. The molecule has 0 aromatic rings. The molecule has 0 fully saturated rings. The summed E-state index contributed by atoms with van der Waals surface area (Å²) in [5.74, 6) is -1.50. The van der Waals surface area contributed by atoms with Crippen LogP contribution in [0.15, 0.2) is 0 Å². The van der Waals surface area contributed by atoms with E-state index in [0.29, 0.717) is 6.54 Å². The Hall–Kier alpha value is -1.06. The number of amides is 1. The Bertz CT molecular complexity index is 211. The second-order valence-electron chi connectivity index (χ2n) is 4.26. The van der Waals surface area contributed by atoms with E-state index in [1.807, 2.05) is 0 Å². The van der Waals surface area contributed by atoms with Gasteiger partial charge in [0.1, 0.15) is 6.42 Å². The van der Waals surface area contributed by atoms with E-state index in [9.17, 15) is 9.59 Å². The molecule has 0 radical (unpaired) electrons. The first-order valence-corrected chi connectivity index (χ1v) is 4.86. The van der Waals surface area contributed by atoms with Crippen molar-refractivity contribution in [3.05, 3.63) is 0 Å². The zero-order chi connectivity index (χ0) is 11.2. The molecule has 0 heterocycles. The van der Waals surface area contributed by atoms with Crippen LogP contribution in [0.5, 0.6) is 0 Å². The highest BCUT2D eigenvalue weighted by molar-refractivity contribution is 5.93. The van der Waals surface area contributed by atoms with E-state index >= 15 is 0 Å². The number of aliphatic carboxylic acids is 1. The van der Waals surface area contributed by atoms with Crippen molar-refractivity contribution < 1.29 is 14.7 Å². The van der Waals surface area contributed by atoms with Crippen molar-refractivity contribution in [1.82, 2.24) is 5.32 Å². The van der Waals surface area contributed by atoms with Crippen LogP contribution in [0.25, 0.3) is 0 Å². The molecule has 0 aliphatic carbocycles. The molecule has 14 heavy (non-hydrogen) atoms. The third-order valence-electron chi connectivity index (χ3n) is 2.00. The van der Waals surface area contributed by atoms with E-state index in [1.165, 1.54) is 0 Å². The number of carbonyl (C=O) groups excluding carboxylic acids is 1. The summed E-state index contributed by atoms with van der Waals surface area (Å²) in [5.41, 5.74) is 0.0446. The molecule has 2 N–H and O–H groups in total. The summed E-state index contributed by atoms with van der Waals surface area (Å²) in [7, 11) is 0. The predicted octanol–water partition coefficient (Wildman–Crippen LogP) is 1.40. The smallest absolute Gasteiger partial charge is 0.312 e. The van der Waals surface area contributed by atoms with Crippen LogP contribution in [0.1, 0.15) is 40.0 Å². The molecule has 0 atom stereocenters. The highest BCUT2D eigenvalue weighted by Crippen LogP contribution is 2.20. The number of nitrogens with one attached hydrogen (secondary N) is 1. The van der Waals surface area contributed by atoms with E-state index in [1.54, 1.807) is 0 Å². The first-order valence-electron chi connectivity index (χ1n) is 4.86. The molecule has 0 aliphatic heterocycles. The number of carboxylic acids is 1. The van der Waals surface area contributed by atoms with Gasteiger partial charge in [0.05, 0.1) is 0 Å². The van der Waals surface area contributed by atoms with E-state index < -0.39 is 18.3 Å². The van der Waals surface area contributed by atoms with Gasteiger partial charge in [0.2, 0.25) is 5.91 Å². The molecule has 0 aromatic carbocycles. The number of carboxylic acid groups (broad SMARTS) is 1. The minimum Gasteiger partial charge on any atom is -0.481 e. The van der Waals surface area contributed by atoms with E-state index in [0.717, 1.165) is 12.8 Å². The zero-order valence-corrected chi connectivity index (χ0v) is 9.09. The lowest BCUT2D eigenvalue weighted by Crippen LogP contribution is -2.34. The molecule has 0 aliphatic rings. The standard InChI is InChI=1S/C10H19NO3/c1-4-5-10(2,3)7-11-8(12)6-9(13)14/h4-7H2,1-3H3,(H,11,12)(H,13,14). The van der Waals surface area contributed by atoms with Crippen LogP contribution < -0.4 is 5.32 Å². The highest BCUT2D eigenvalue weighted by atomic mass is 16.4. The third kappa shape index (κ3) is 6.46. The van der Waals surface area contributed by atoms with Gasteiger partial charge in [-0.1, -0.05) is 27.2 Å². The minimum absolute atomic E-state index is 0.0446. The maximum atomic E-state index is 11.0. The molecule has 0 rings (SSSR count). The van der Waals surface area contributed by atoms with Crippen molar-refractivity contribution in [3.63, 3.8) is 0 Å². The normalized spacial score (nSPS) is 11.1. The van der Waals surface area contributed by atoms with Crippen LogP contribution in [-0.2, 0) is 9.59 Å². The first-order chi connectivity index (χ1) is 6.37. The molecule has 4 nitrogen and oxygen atoms in total. The second kappa shape index (κ2) is 5.62. The molecule has 82 valence electrons. The van der Waals surface area contributed by atoms with Crippen LogP contribution in [0.2, 0.25) is 0 Å². The van der Waals surface area contributed by atoms with Gasteiger partial charge >= 0.3 is 5.97 Å². The Kier molecular flexibility index (Phi) is 5.20. The lowest BCUT2D eigenvalue weighted by molar-refractivity contribution is -0.140. The Morgan fingerprint density at radius 3 is 2.36 bits per heavy atom. The lowest BCUT2D eigenvalue weighted by Gasteiger charge is -2.23. The third-order valence-corrected chi connectivity index (χ3v) is 2.00. The quantitative estimate of drug-likeness (QED) is 0.638. The Balaban J connectivity index is 3.81. The van der Waals surface area contributed by atoms with Gasteiger partial charge in [-0.2, -0.15) is 0 Å². The topological polar surface area (TPSA) is 66.4 Å². The summed E-state index contributed by atoms with van der Waals surface area (Å²) in [4.78, 5) is 21.2. The molecule has 0 bridgehead atoms. The minimum atomic E-state index is -1.09. The SMILES string of the molecule is CCCC(C)(C)CNC(=O)CC(=O)O. The number of carbonyl (C=O) groups is 2. The molecule has 4 heteroatoms. The summed E-state index contributed by atoms with van der Waals surface area (Å²) >= 11 is 0. The van der Waals surface area contributed by atoms with Gasteiger partial charge in [-0.15, -0.1) is 0 Å². The maximum absolute atomic E-state index is 11.0. The van der Waals surface area contributed by atoms with Crippen molar-refractivity contribution >= 4 is 11.9 Å². The fourth-order valence-electron chi connectivity index (χ4n) is 1.30. The predicted molar refractivity (Wildman–Crippen MR) is 54.0 cm³/mol. The zero-order valence-electron chi connectivity index (χ0n) is 9.09. The second-order valence-corrected chi connectivity index (χ2v) is 4.26. The molecule has 0 saturated carbocycles. The molecule has 0 spiro atoms. The van der Waals surface area contributed by atoms with Gasteiger partial charge < -0.3 is 10.4 Å². The summed E-state index contributed by atoms with van der Waals surface area (Å²) in [6.45, 7) is 6.73. The largest absolute Gasteiger partial charge is 0.481 e. The fraction of sp³-hybridized carbons (Fsp3) is 0.800. The highest BCUT2D eigenvalue weighted by Gasteiger charge is 2.18. The number of hydrogen-bond donors (Lipinski definition) is 2. The van der Waals surface area contributed by atoms with Crippen molar-refractivity contribution in [2.45, 2.75) is 40.0 Å². The summed E-state index contributed by atoms with van der Waals surface area (Å²) in [6.07, 6.45) is 1.63. The average molecular weight is 201 g/mol. The fourth-order valence-corrected chi connectivity index (χ4v) is 1.30. The van der Waals surface area contributed by atoms with Crippen LogP contribution in [0.3, 0.4) is 0 Å². The monoisotopic (exact) mass is 201 g/mol. The summed E-state index contributed by atoms with van der Waals surface area (Å²) in [6, 6.07) is 0. The van der Waals surface area contributed by atoms with Crippen molar-refractivity contribution in [1.29, 1.82) is 0 Å². The summed E-state index contributed by atoms with van der Waals surface area (Å²) in [5, 5.41) is 11.0. The number of rotatable bonds is 6. The molecular weight excluding hydrogens is 182 g/mol. The Morgan fingerprint density at radius 2 is 1.93 bits per heavy atom. The van der Waals surface area contributed by atoms with E-state index in [-0.39, 0.29) is 5.41 Å². The number of hydrogen-bond acceptors (Lipinski definition) is 2. The molecule has 0 aromatic heterocycles. The van der Waals surface area contributed by atoms with E-state index in [2.05, 4.69) is 26.1 Å². The Morgan fingerprint density at radius 1 is 1.36 bits per heavy atom. The lowest BCUT2D eigenvalue weighted by atomic mass is 9.88. The molecular formula is C10H19NO3. The van der Waals surface area contributed by atoms with Gasteiger partial charge in [-0.05, 0) is 11.8 Å². The van der Waals surface area contributed by atoms with Gasteiger partial charge in [0.25, 0.3) is 0 Å². The average Bonchev–Trinajstić information content (AvgIpc) is 2.00. The van der Waals surface area contributed by atoms with Crippen LogP contribution in [0.4, 0.5) is 0 Å². The maximum Gasteiger partial charge on any atom is 0.312 e. The van der Waals surface area contributed by atoms with Crippen LogP contribution in [-0.4, -0.2) is 23.5 Å². The van der Waals surface area contributed by atoms with Crippen molar-refractivity contribution in [2.24, 2.45) is 5.41 Å². The van der Waals surface area contributed by atoms with E-state index in [4.69, 9.17) is 5.11 Å². The molecule has 0 unspecified atom stereocenters. The first kappa shape index (κ1) is 12.9. The van der Waals surface area contributed by atoms with Gasteiger partial charge in [-0.25, -0.2) is 0 Å². The molecule has 0 saturated heterocycles. The van der Waals surface area contributed by atoms with Gasteiger partial charge in [0.15, 0.2) is 0 Å². The Labute approximate surface area is 84.7 Å². The van der Waals surface area contributed by atoms with Gasteiger partial charge in [0, 0.05) is 6.54 Å². The van der Waals surface area contributed by atoms with Gasteiger partial charge in [-0.3, -0.25) is 9.59 Å². The van der Waals surface area contributed by atoms with Crippen molar-refractivity contribution in [2.75, 3.05) is 6.54 Å². The van der Waals surface area contributed by atoms with Crippen molar-refractivity contribution in [3.8, 4) is 0 Å².